The Balaban J connectivity index is 1.44. The number of hydrogen-bond donors (Lipinski definition) is 1. The fourth-order valence-electron chi connectivity index (χ4n) is 7.63. The summed E-state index contributed by atoms with van der Waals surface area (Å²) in [6.07, 6.45) is 1.38. The Kier molecular flexibility index (Phi) is 11.5. The van der Waals surface area contributed by atoms with Crippen LogP contribution in [-0.4, -0.2) is 60.3 Å². The van der Waals surface area contributed by atoms with Gasteiger partial charge in [0.05, 0.1) is 38.8 Å². The first-order chi connectivity index (χ1) is 27.3. The Morgan fingerprint density at radius 1 is 0.911 bits per heavy atom. The molecule has 0 radical (unpaired) electrons. The summed E-state index contributed by atoms with van der Waals surface area (Å²) < 4.78 is 23.9. The van der Waals surface area contributed by atoms with Crippen LogP contribution in [0.4, 0.5) is 5.69 Å². The quantitative estimate of drug-likeness (QED) is 0.0634. The van der Waals surface area contributed by atoms with Crippen LogP contribution in [0.5, 0.6) is 11.5 Å². The normalized spacial score (nSPS) is 15.3. The van der Waals surface area contributed by atoms with Crippen LogP contribution in [0, 0.1) is 0 Å². The van der Waals surface area contributed by atoms with Crippen LogP contribution in [0.25, 0.3) is 21.7 Å². The van der Waals surface area contributed by atoms with Crippen molar-refractivity contribution in [3.05, 3.63) is 150 Å². The topological polar surface area (TPSA) is 119 Å². The van der Waals surface area contributed by atoms with Gasteiger partial charge in [-0.3, -0.25) is 14.4 Å². The summed E-state index contributed by atoms with van der Waals surface area (Å²) in [5, 5.41) is 12.0. The molecule has 0 saturated heterocycles. The summed E-state index contributed by atoms with van der Waals surface area (Å²) in [6, 6.07) is 33.8. The summed E-state index contributed by atoms with van der Waals surface area (Å²) in [5.74, 6) is 0.588. The van der Waals surface area contributed by atoms with Gasteiger partial charge in [-0.05, 0) is 64.9 Å². The average molecular weight is 753 g/mol. The molecule has 1 N–H and O–H groups in total. The van der Waals surface area contributed by atoms with E-state index in [0.717, 1.165) is 21.7 Å². The average Bonchev–Trinajstić information content (AvgIpc) is 3.78. The molecule has 0 fully saturated rings. The molecule has 3 atom stereocenters. The van der Waals surface area contributed by atoms with Crippen molar-refractivity contribution < 1.29 is 38.1 Å². The number of amides is 2. The molecule has 10 heteroatoms. The van der Waals surface area contributed by atoms with Gasteiger partial charge in [-0.2, -0.15) is 0 Å². The van der Waals surface area contributed by atoms with Crippen LogP contribution in [0.15, 0.2) is 132 Å². The number of fused-ring (bicyclic) bond motifs is 3. The molecule has 56 heavy (non-hydrogen) atoms. The number of carbonyl (C=O) groups excluding carboxylic acids is 3. The molecule has 0 aliphatic carbocycles. The van der Waals surface area contributed by atoms with Gasteiger partial charge in [-0.1, -0.05) is 72.8 Å². The van der Waals surface area contributed by atoms with Gasteiger partial charge >= 0.3 is 5.97 Å². The van der Waals surface area contributed by atoms with Crippen LogP contribution < -0.4 is 14.4 Å². The van der Waals surface area contributed by atoms with Crippen LogP contribution in [0.3, 0.4) is 0 Å². The molecule has 1 unspecified atom stereocenters. The number of para-hydroxylation sites is 1. The lowest BCUT2D eigenvalue weighted by atomic mass is 9.93. The highest BCUT2D eigenvalue weighted by Crippen LogP contribution is 2.48. The van der Waals surface area contributed by atoms with Crippen LogP contribution >= 0.6 is 0 Å². The molecule has 10 nitrogen and oxygen atoms in total. The van der Waals surface area contributed by atoms with E-state index in [2.05, 4.69) is 6.58 Å². The van der Waals surface area contributed by atoms with Crippen molar-refractivity contribution in [2.24, 2.45) is 0 Å². The lowest BCUT2D eigenvalue weighted by Gasteiger charge is -2.39. The molecule has 1 aromatic heterocycles. The number of furan rings is 1. The third-order valence-corrected chi connectivity index (χ3v) is 10.1. The largest absolute Gasteiger partial charge is 0.497 e. The summed E-state index contributed by atoms with van der Waals surface area (Å²) in [5.41, 5.74) is 3.07. The molecule has 2 amide bonds. The minimum absolute atomic E-state index is 0.0170. The van der Waals surface area contributed by atoms with Crippen molar-refractivity contribution in [3.8, 4) is 11.5 Å². The van der Waals surface area contributed by atoms with Gasteiger partial charge in [-0.25, -0.2) is 0 Å². The number of ether oxygens (including phenoxy) is 3. The Labute approximate surface area is 325 Å². The fourth-order valence-corrected chi connectivity index (χ4v) is 7.63. The van der Waals surface area contributed by atoms with Crippen molar-refractivity contribution in [1.29, 1.82) is 0 Å². The molecule has 0 spiro atoms. The van der Waals surface area contributed by atoms with E-state index >= 15 is 4.79 Å². The van der Waals surface area contributed by atoms with Gasteiger partial charge < -0.3 is 33.5 Å². The highest BCUT2D eigenvalue weighted by Gasteiger charge is 2.51. The number of anilines is 1. The third kappa shape index (κ3) is 7.87. The highest BCUT2D eigenvalue weighted by molar-refractivity contribution is 6.08. The van der Waals surface area contributed by atoms with Gasteiger partial charge in [0.1, 0.15) is 28.9 Å². The second-order valence-electron chi connectivity index (χ2n) is 13.8. The number of methoxy groups -OCH3 is 1. The molecular formula is C46H44N2O8. The third-order valence-electron chi connectivity index (χ3n) is 10.1. The maximum atomic E-state index is 15.4. The first-order valence-electron chi connectivity index (χ1n) is 18.7. The number of esters is 1. The number of carbonyl (C=O) groups is 3. The van der Waals surface area contributed by atoms with Crippen LogP contribution in [-0.2, 0) is 27.3 Å². The standard InChI is InChI=1S/C46H44N2O8/c1-4-11-42(55-30(2)50)45-44(39-28-35(54-25-10-24-49)22-23-40(39)48(45)43(51)26-31-18-20-34(53-3)21-19-31)47(29-36-27-33-13-6-8-17-41(33)56-36)46(52)38-16-9-14-32-12-5-7-15-37(32)38/h4-9,12-23,27-28,42,44-45,49H,1,10-11,24-26,29H2,2-3H3/t42?,44-,45+/m0/s1. The molecule has 5 aromatic carbocycles. The summed E-state index contributed by atoms with van der Waals surface area (Å²) >= 11 is 0. The van der Waals surface area contributed by atoms with E-state index in [-0.39, 0.29) is 44.4 Å². The molecule has 7 rings (SSSR count). The molecule has 1 aliphatic heterocycles. The van der Waals surface area contributed by atoms with Gasteiger partial charge in [0.25, 0.3) is 5.91 Å². The number of nitrogens with zero attached hydrogens (tertiary/aromatic N) is 2. The van der Waals surface area contributed by atoms with Crippen molar-refractivity contribution in [1.82, 2.24) is 4.90 Å². The first kappa shape index (κ1) is 37.9. The Bertz CT molecular complexity index is 2330. The maximum absolute atomic E-state index is 15.4. The van der Waals surface area contributed by atoms with Crippen molar-refractivity contribution in [2.45, 2.75) is 50.9 Å². The zero-order valence-corrected chi connectivity index (χ0v) is 31.4. The lowest BCUT2D eigenvalue weighted by molar-refractivity contribution is -0.148. The Hall–Kier alpha value is -6.39. The molecule has 0 bridgehead atoms. The number of benzene rings is 5. The van der Waals surface area contributed by atoms with E-state index in [4.69, 9.17) is 18.6 Å². The molecule has 6 aromatic rings. The monoisotopic (exact) mass is 752 g/mol. The zero-order valence-electron chi connectivity index (χ0n) is 31.4. The molecule has 1 aliphatic rings. The summed E-state index contributed by atoms with van der Waals surface area (Å²) in [6.45, 7) is 5.54. The number of aliphatic hydroxyl groups excluding tert-OH is 1. The minimum atomic E-state index is -0.903. The zero-order chi connectivity index (χ0) is 39.2. The predicted molar refractivity (Wildman–Crippen MR) is 215 cm³/mol. The van der Waals surface area contributed by atoms with E-state index in [0.29, 0.717) is 46.1 Å². The predicted octanol–water partition coefficient (Wildman–Crippen LogP) is 8.21. The molecule has 2 heterocycles. The van der Waals surface area contributed by atoms with Gasteiger partial charge in [-0.15, -0.1) is 6.58 Å². The van der Waals surface area contributed by atoms with Crippen molar-refractivity contribution >= 4 is 45.2 Å². The second-order valence-corrected chi connectivity index (χ2v) is 13.8. The second kappa shape index (κ2) is 17.0. The smallest absolute Gasteiger partial charge is 0.302 e. The van der Waals surface area contributed by atoms with Crippen molar-refractivity contribution in [2.75, 3.05) is 25.2 Å². The molecular weight excluding hydrogens is 709 g/mol. The summed E-state index contributed by atoms with van der Waals surface area (Å²) in [4.78, 5) is 46.5. The van der Waals surface area contributed by atoms with E-state index in [9.17, 15) is 14.7 Å². The van der Waals surface area contributed by atoms with E-state index < -0.39 is 24.2 Å². The Morgan fingerprint density at radius 3 is 2.38 bits per heavy atom. The molecule has 0 saturated carbocycles. The summed E-state index contributed by atoms with van der Waals surface area (Å²) in [7, 11) is 1.58. The highest BCUT2D eigenvalue weighted by atomic mass is 16.5. The van der Waals surface area contributed by atoms with Gasteiger partial charge in [0, 0.05) is 48.6 Å². The number of aliphatic hydroxyl groups is 1. The SMILES string of the molecule is C=CCC(OC(C)=O)[C@@H]1[C@@H](N(Cc2cc3ccccc3o2)C(=O)c2cccc3ccccc23)c2cc(OCCCO)ccc2N1C(=O)Cc1ccc(OC)cc1. The van der Waals surface area contributed by atoms with Gasteiger partial charge in [0.15, 0.2) is 0 Å². The maximum Gasteiger partial charge on any atom is 0.302 e. The van der Waals surface area contributed by atoms with E-state index in [1.807, 2.05) is 91.0 Å². The number of rotatable bonds is 15. The van der Waals surface area contributed by atoms with E-state index in [1.54, 1.807) is 47.3 Å². The fraction of sp³-hybridized carbons (Fsp3) is 0.239. The first-order valence-corrected chi connectivity index (χ1v) is 18.7. The van der Waals surface area contributed by atoms with Gasteiger partial charge in [0.2, 0.25) is 5.91 Å². The van der Waals surface area contributed by atoms with E-state index in [1.165, 1.54) is 6.92 Å². The van der Waals surface area contributed by atoms with Crippen LogP contribution in [0.1, 0.15) is 53.1 Å². The lowest BCUT2D eigenvalue weighted by Crippen LogP contribution is -2.53. The Morgan fingerprint density at radius 2 is 1.64 bits per heavy atom. The van der Waals surface area contributed by atoms with Crippen molar-refractivity contribution in [3.63, 3.8) is 0 Å². The minimum Gasteiger partial charge on any atom is -0.497 e. The number of hydrogen-bond acceptors (Lipinski definition) is 8. The molecule has 286 valence electrons. The van der Waals surface area contributed by atoms with Crippen LogP contribution in [0.2, 0.25) is 0 Å².